The van der Waals surface area contributed by atoms with Crippen molar-refractivity contribution in [1.82, 2.24) is 5.32 Å². The molecule has 0 saturated carbocycles. The molecular formula is C8H16NO. The van der Waals surface area contributed by atoms with Crippen LogP contribution in [0, 0.1) is 6.42 Å². The highest BCUT2D eigenvalue weighted by Crippen LogP contribution is 1.96. The number of hydrogen-bond donors (Lipinski definition) is 1. The number of unbranched alkanes of at least 4 members (excludes halogenated alkanes) is 2. The summed E-state index contributed by atoms with van der Waals surface area (Å²) < 4.78 is 0. The molecule has 0 rings (SSSR count). The number of rotatable bonds is 5. The molecule has 1 radical (unpaired) electrons. The first-order chi connectivity index (χ1) is 4.81. The molecule has 1 N–H and O–H groups in total. The van der Waals surface area contributed by atoms with Crippen molar-refractivity contribution in [3.05, 3.63) is 6.42 Å². The Kier molecular flexibility index (Phi) is 6.24. The van der Waals surface area contributed by atoms with Crippen LogP contribution in [0.5, 0.6) is 0 Å². The van der Waals surface area contributed by atoms with Crippen LogP contribution in [0.4, 0.5) is 0 Å². The molecule has 0 aromatic heterocycles. The predicted molar refractivity (Wildman–Crippen MR) is 42.5 cm³/mol. The SMILES string of the molecule is CCCC[CH]C(=O)NCC. The number of carbonyl (C=O) groups excluding carboxylic acids is 1. The van der Waals surface area contributed by atoms with E-state index < -0.39 is 0 Å². The summed E-state index contributed by atoms with van der Waals surface area (Å²) in [6, 6.07) is 0. The third kappa shape index (κ3) is 5.60. The molecule has 0 bridgehead atoms. The maximum Gasteiger partial charge on any atom is 0.223 e. The van der Waals surface area contributed by atoms with Crippen LogP contribution in [-0.4, -0.2) is 12.5 Å². The second-order valence-corrected chi connectivity index (χ2v) is 2.24. The minimum absolute atomic E-state index is 0.0657. The highest BCUT2D eigenvalue weighted by molar-refractivity contribution is 5.84. The molecule has 0 aliphatic heterocycles. The van der Waals surface area contributed by atoms with Crippen LogP contribution in [-0.2, 0) is 4.79 Å². The molecule has 0 heterocycles. The zero-order valence-electron chi connectivity index (χ0n) is 6.81. The second-order valence-electron chi connectivity index (χ2n) is 2.24. The summed E-state index contributed by atoms with van der Waals surface area (Å²) in [6.07, 6.45) is 4.88. The van der Waals surface area contributed by atoms with Gasteiger partial charge in [-0.15, -0.1) is 0 Å². The Labute approximate surface area is 63.0 Å². The van der Waals surface area contributed by atoms with Gasteiger partial charge in [-0.3, -0.25) is 4.79 Å². The van der Waals surface area contributed by atoms with Gasteiger partial charge in [-0.25, -0.2) is 0 Å². The molecule has 0 aromatic carbocycles. The molecule has 0 aliphatic carbocycles. The summed E-state index contributed by atoms with van der Waals surface area (Å²) >= 11 is 0. The smallest absolute Gasteiger partial charge is 0.223 e. The summed E-state index contributed by atoms with van der Waals surface area (Å²) in [5.41, 5.74) is 0. The highest BCUT2D eigenvalue weighted by Gasteiger charge is 1.96. The van der Waals surface area contributed by atoms with Crippen molar-refractivity contribution in [1.29, 1.82) is 0 Å². The molecule has 0 aromatic rings. The van der Waals surface area contributed by atoms with Gasteiger partial charge >= 0.3 is 0 Å². The fourth-order valence-corrected chi connectivity index (χ4v) is 0.684. The van der Waals surface area contributed by atoms with Crippen LogP contribution < -0.4 is 5.32 Å². The number of carbonyl (C=O) groups is 1. The summed E-state index contributed by atoms with van der Waals surface area (Å²) in [6.45, 7) is 4.76. The number of amides is 1. The van der Waals surface area contributed by atoms with Crippen LogP contribution in [0.15, 0.2) is 0 Å². The van der Waals surface area contributed by atoms with Gasteiger partial charge in [0.25, 0.3) is 0 Å². The van der Waals surface area contributed by atoms with Crippen LogP contribution in [0.2, 0.25) is 0 Å². The van der Waals surface area contributed by atoms with E-state index in [1.54, 1.807) is 6.42 Å². The first-order valence-corrected chi connectivity index (χ1v) is 3.92. The zero-order chi connectivity index (χ0) is 7.82. The average molecular weight is 142 g/mol. The van der Waals surface area contributed by atoms with E-state index in [1.165, 1.54) is 0 Å². The van der Waals surface area contributed by atoms with Gasteiger partial charge < -0.3 is 5.32 Å². The lowest BCUT2D eigenvalue weighted by Gasteiger charge is -1.98. The van der Waals surface area contributed by atoms with Crippen molar-refractivity contribution in [2.24, 2.45) is 0 Å². The Morgan fingerprint density at radius 3 is 2.70 bits per heavy atom. The minimum atomic E-state index is 0.0657. The predicted octanol–water partition coefficient (Wildman–Crippen LogP) is 1.52. The summed E-state index contributed by atoms with van der Waals surface area (Å²) in [4.78, 5) is 10.8. The molecule has 2 heteroatoms. The Bertz CT molecular complexity index is 91.3. The summed E-state index contributed by atoms with van der Waals surface area (Å²) in [5.74, 6) is 0.0657. The van der Waals surface area contributed by atoms with Crippen molar-refractivity contribution in [2.45, 2.75) is 33.1 Å². The third-order valence-electron chi connectivity index (χ3n) is 1.24. The maximum absolute atomic E-state index is 10.8. The van der Waals surface area contributed by atoms with E-state index >= 15 is 0 Å². The third-order valence-corrected chi connectivity index (χ3v) is 1.24. The van der Waals surface area contributed by atoms with Crippen LogP contribution >= 0.6 is 0 Å². The van der Waals surface area contributed by atoms with Gasteiger partial charge in [0, 0.05) is 13.0 Å². The molecule has 0 unspecified atom stereocenters. The number of hydrogen-bond acceptors (Lipinski definition) is 1. The standard InChI is InChI=1S/C8H16NO/c1-3-5-6-7-8(10)9-4-2/h7H,3-6H2,1-2H3,(H,9,10). The van der Waals surface area contributed by atoms with Crippen molar-refractivity contribution in [2.75, 3.05) is 6.54 Å². The molecule has 0 spiro atoms. The first kappa shape index (κ1) is 9.47. The highest BCUT2D eigenvalue weighted by atomic mass is 16.1. The van der Waals surface area contributed by atoms with E-state index in [1.807, 2.05) is 6.92 Å². The Morgan fingerprint density at radius 1 is 1.50 bits per heavy atom. The van der Waals surface area contributed by atoms with Crippen LogP contribution in [0.25, 0.3) is 0 Å². The van der Waals surface area contributed by atoms with Crippen molar-refractivity contribution >= 4 is 5.91 Å². The maximum atomic E-state index is 10.8. The van der Waals surface area contributed by atoms with Crippen molar-refractivity contribution in [3.63, 3.8) is 0 Å². The van der Waals surface area contributed by atoms with E-state index in [2.05, 4.69) is 12.2 Å². The lowest BCUT2D eigenvalue weighted by Crippen LogP contribution is -2.22. The van der Waals surface area contributed by atoms with Crippen molar-refractivity contribution in [3.8, 4) is 0 Å². The Morgan fingerprint density at radius 2 is 2.20 bits per heavy atom. The largest absolute Gasteiger partial charge is 0.356 e. The van der Waals surface area contributed by atoms with E-state index in [-0.39, 0.29) is 5.91 Å². The molecule has 10 heavy (non-hydrogen) atoms. The van der Waals surface area contributed by atoms with Crippen molar-refractivity contribution < 1.29 is 4.79 Å². The average Bonchev–Trinajstić information content (AvgIpc) is 1.89. The van der Waals surface area contributed by atoms with Gasteiger partial charge in [-0.05, 0) is 13.3 Å². The molecular weight excluding hydrogens is 126 g/mol. The summed E-state index contributed by atoms with van der Waals surface area (Å²) in [5, 5.41) is 2.71. The molecule has 1 amide bonds. The monoisotopic (exact) mass is 142 g/mol. The zero-order valence-corrected chi connectivity index (χ0v) is 6.81. The van der Waals surface area contributed by atoms with Gasteiger partial charge in [-0.1, -0.05) is 19.8 Å². The van der Waals surface area contributed by atoms with E-state index in [9.17, 15) is 4.79 Å². The fourth-order valence-electron chi connectivity index (χ4n) is 0.684. The topological polar surface area (TPSA) is 29.1 Å². The van der Waals surface area contributed by atoms with Gasteiger partial charge in [0.15, 0.2) is 0 Å². The van der Waals surface area contributed by atoms with E-state index in [0.717, 1.165) is 25.8 Å². The van der Waals surface area contributed by atoms with Gasteiger partial charge in [0.2, 0.25) is 5.91 Å². The lowest BCUT2D eigenvalue weighted by molar-refractivity contribution is -0.117. The minimum Gasteiger partial charge on any atom is -0.356 e. The summed E-state index contributed by atoms with van der Waals surface area (Å²) in [7, 11) is 0. The molecule has 0 aliphatic rings. The molecule has 2 nitrogen and oxygen atoms in total. The number of nitrogens with one attached hydrogen (secondary N) is 1. The van der Waals surface area contributed by atoms with Crippen LogP contribution in [0.1, 0.15) is 33.1 Å². The Balaban J connectivity index is 3.05. The fraction of sp³-hybridized carbons (Fsp3) is 0.750. The van der Waals surface area contributed by atoms with Gasteiger partial charge in [0.05, 0.1) is 0 Å². The van der Waals surface area contributed by atoms with E-state index in [0.29, 0.717) is 0 Å². The quantitative estimate of drug-likeness (QED) is 0.579. The molecule has 0 atom stereocenters. The normalized spacial score (nSPS) is 9.40. The molecule has 59 valence electrons. The molecule has 0 fully saturated rings. The Hall–Kier alpha value is -0.530. The van der Waals surface area contributed by atoms with Gasteiger partial charge in [-0.2, -0.15) is 0 Å². The van der Waals surface area contributed by atoms with E-state index in [4.69, 9.17) is 0 Å². The van der Waals surface area contributed by atoms with Gasteiger partial charge in [0.1, 0.15) is 0 Å². The lowest BCUT2D eigenvalue weighted by atomic mass is 10.2. The second kappa shape index (κ2) is 6.59. The first-order valence-electron chi connectivity index (χ1n) is 3.92. The molecule has 0 saturated heterocycles. The van der Waals surface area contributed by atoms with Crippen LogP contribution in [0.3, 0.4) is 0 Å².